The Morgan fingerprint density at radius 1 is 1.31 bits per heavy atom. The molecule has 1 amide bonds. The van der Waals surface area contributed by atoms with Crippen LogP contribution in [-0.2, 0) is 7.05 Å². The first-order valence-corrected chi connectivity index (χ1v) is 8.70. The molecule has 1 aromatic heterocycles. The van der Waals surface area contributed by atoms with Gasteiger partial charge in [0.25, 0.3) is 11.5 Å². The van der Waals surface area contributed by atoms with Crippen molar-refractivity contribution in [3.05, 3.63) is 38.9 Å². The SMILES string of the molecule is Cn1c(=S)[nH]c2cc(C(=O)N[C@@H]3CCCC[C@@H]3C(F)(F)F)ccc2c1=O. The van der Waals surface area contributed by atoms with E-state index >= 15 is 0 Å². The molecule has 1 heterocycles. The first-order valence-electron chi connectivity index (χ1n) is 8.29. The number of H-pyrrole nitrogens is 1. The monoisotopic (exact) mass is 385 g/mol. The Balaban J connectivity index is 1.89. The normalized spacial score (nSPS) is 20.9. The van der Waals surface area contributed by atoms with Crippen molar-refractivity contribution < 1.29 is 18.0 Å². The van der Waals surface area contributed by atoms with Gasteiger partial charge in [0.1, 0.15) is 0 Å². The largest absolute Gasteiger partial charge is 0.393 e. The number of halogens is 3. The number of nitrogens with zero attached hydrogens (tertiary/aromatic N) is 1. The van der Waals surface area contributed by atoms with E-state index in [4.69, 9.17) is 12.2 Å². The molecule has 0 unspecified atom stereocenters. The predicted molar refractivity (Wildman–Crippen MR) is 93.6 cm³/mol. The average Bonchev–Trinajstić information content (AvgIpc) is 2.59. The quantitative estimate of drug-likeness (QED) is 0.779. The van der Waals surface area contributed by atoms with E-state index in [2.05, 4.69) is 10.3 Å². The van der Waals surface area contributed by atoms with Gasteiger partial charge in [-0.05, 0) is 43.3 Å². The summed E-state index contributed by atoms with van der Waals surface area (Å²) in [5, 5.41) is 2.87. The van der Waals surface area contributed by atoms with Crippen molar-refractivity contribution in [2.24, 2.45) is 13.0 Å². The van der Waals surface area contributed by atoms with Gasteiger partial charge in [0.2, 0.25) is 0 Å². The van der Waals surface area contributed by atoms with Crippen LogP contribution < -0.4 is 10.9 Å². The minimum atomic E-state index is -4.33. The molecule has 5 nitrogen and oxygen atoms in total. The van der Waals surface area contributed by atoms with Crippen molar-refractivity contribution in [1.29, 1.82) is 0 Å². The van der Waals surface area contributed by atoms with Crippen LogP contribution in [0.4, 0.5) is 13.2 Å². The third-order valence-corrected chi connectivity index (χ3v) is 5.24. The minimum Gasteiger partial charge on any atom is -0.349 e. The Labute approximate surface area is 152 Å². The lowest BCUT2D eigenvalue weighted by Crippen LogP contribution is -2.47. The fourth-order valence-corrected chi connectivity index (χ4v) is 3.59. The topological polar surface area (TPSA) is 66.9 Å². The molecule has 140 valence electrons. The molecule has 0 radical (unpaired) electrons. The first-order chi connectivity index (χ1) is 12.2. The molecule has 1 fully saturated rings. The summed E-state index contributed by atoms with van der Waals surface area (Å²) in [6.45, 7) is 0. The van der Waals surface area contributed by atoms with Crippen molar-refractivity contribution >= 4 is 29.0 Å². The van der Waals surface area contributed by atoms with Crippen LogP contribution in [0.2, 0.25) is 0 Å². The van der Waals surface area contributed by atoms with E-state index in [9.17, 15) is 22.8 Å². The van der Waals surface area contributed by atoms with Crippen LogP contribution in [0.1, 0.15) is 36.0 Å². The molecule has 2 N–H and O–H groups in total. The summed E-state index contributed by atoms with van der Waals surface area (Å²) in [5.74, 6) is -2.12. The maximum absolute atomic E-state index is 13.2. The number of hydrogen-bond acceptors (Lipinski definition) is 3. The van der Waals surface area contributed by atoms with Crippen molar-refractivity contribution in [2.75, 3.05) is 0 Å². The number of hydrogen-bond donors (Lipinski definition) is 2. The summed E-state index contributed by atoms with van der Waals surface area (Å²) < 4.78 is 41.0. The van der Waals surface area contributed by atoms with Gasteiger partial charge in [0.15, 0.2) is 4.77 Å². The summed E-state index contributed by atoms with van der Waals surface area (Å²) in [6, 6.07) is 3.41. The Kier molecular flexibility index (Phi) is 4.92. The molecule has 3 rings (SSSR count). The van der Waals surface area contributed by atoms with Crippen molar-refractivity contribution in [2.45, 2.75) is 37.9 Å². The van der Waals surface area contributed by atoms with Crippen LogP contribution in [0.3, 0.4) is 0 Å². The lowest BCUT2D eigenvalue weighted by Gasteiger charge is -2.33. The zero-order valence-electron chi connectivity index (χ0n) is 14.0. The van der Waals surface area contributed by atoms with Crippen LogP contribution in [0.5, 0.6) is 0 Å². The summed E-state index contributed by atoms with van der Waals surface area (Å²) in [6.07, 6.45) is -2.86. The molecule has 1 aliphatic carbocycles. The maximum Gasteiger partial charge on any atom is 0.393 e. The molecule has 1 aliphatic rings. The van der Waals surface area contributed by atoms with Gasteiger partial charge >= 0.3 is 6.18 Å². The van der Waals surface area contributed by atoms with E-state index in [-0.39, 0.29) is 22.3 Å². The minimum absolute atomic E-state index is 0.0231. The van der Waals surface area contributed by atoms with Gasteiger partial charge in [-0.3, -0.25) is 14.2 Å². The highest BCUT2D eigenvalue weighted by atomic mass is 32.1. The van der Waals surface area contributed by atoms with Crippen LogP contribution in [0.15, 0.2) is 23.0 Å². The van der Waals surface area contributed by atoms with E-state index < -0.39 is 24.0 Å². The number of rotatable bonds is 2. The third-order valence-electron chi connectivity index (χ3n) is 4.87. The predicted octanol–water partition coefficient (Wildman–Crippen LogP) is 3.45. The number of aromatic nitrogens is 2. The smallest absolute Gasteiger partial charge is 0.349 e. The van der Waals surface area contributed by atoms with E-state index in [1.807, 2.05) is 0 Å². The van der Waals surface area contributed by atoms with Gasteiger partial charge in [-0.25, -0.2) is 0 Å². The molecule has 0 aliphatic heterocycles. The lowest BCUT2D eigenvalue weighted by molar-refractivity contribution is -0.187. The van der Waals surface area contributed by atoms with Gasteiger partial charge in [-0.2, -0.15) is 13.2 Å². The van der Waals surface area contributed by atoms with E-state index in [0.717, 1.165) is 0 Å². The van der Waals surface area contributed by atoms with Crippen LogP contribution >= 0.6 is 12.2 Å². The molecular formula is C17H18F3N3O2S. The molecule has 0 saturated heterocycles. The summed E-state index contributed by atoms with van der Waals surface area (Å²) in [4.78, 5) is 27.5. The Morgan fingerprint density at radius 2 is 2.00 bits per heavy atom. The molecule has 26 heavy (non-hydrogen) atoms. The van der Waals surface area contributed by atoms with Gasteiger partial charge in [0.05, 0.1) is 16.8 Å². The number of amides is 1. The number of benzene rings is 1. The molecule has 1 saturated carbocycles. The third kappa shape index (κ3) is 3.53. The molecule has 0 spiro atoms. The molecule has 9 heteroatoms. The van der Waals surface area contributed by atoms with E-state index in [1.54, 1.807) is 0 Å². The number of nitrogens with one attached hydrogen (secondary N) is 2. The second-order valence-corrected chi connectivity index (χ2v) is 6.95. The van der Waals surface area contributed by atoms with Crippen molar-refractivity contribution in [1.82, 2.24) is 14.9 Å². The first kappa shape index (κ1) is 18.6. The standard InChI is InChI=1S/C17H18F3N3O2S/c1-23-15(25)10-7-6-9(8-13(10)22-16(23)26)14(24)21-12-5-3-2-4-11(12)17(18,19)20/h6-8,11-12H,2-5H2,1H3,(H,21,24)(H,22,26)/t11-,12+/m0/s1. The Morgan fingerprint density at radius 3 is 2.69 bits per heavy atom. The van der Waals surface area contributed by atoms with Gasteiger partial charge in [-0.1, -0.05) is 12.8 Å². The van der Waals surface area contributed by atoms with E-state index in [0.29, 0.717) is 30.2 Å². The van der Waals surface area contributed by atoms with Gasteiger partial charge in [0, 0.05) is 18.7 Å². The molecule has 2 atom stereocenters. The summed E-state index contributed by atoms with van der Waals surface area (Å²) in [5.41, 5.74) is 0.254. The molecular weight excluding hydrogens is 367 g/mol. The van der Waals surface area contributed by atoms with Crippen LogP contribution in [0, 0.1) is 10.7 Å². The summed E-state index contributed by atoms with van der Waals surface area (Å²) >= 11 is 5.05. The number of aromatic amines is 1. The average molecular weight is 385 g/mol. The van der Waals surface area contributed by atoms with Crippen LogP contribution in [-0.4, -0.2) is 27.7 Å². The second-order valence-electron chi connectivity index (χ2n) is 6.57. The van der Waals surface area contributed by atoms with Gasteiger partial charge in [-0.15, -0.1) is 0 Å². The molecule has 1 aromatic carbocycles. The zero-order valence-corrected chi connectivity index (χ0v) is 14.8. The number of fused-ring (bicyclic) bond motifs is 1. The molecule has 0 bridgehead atoms. The summed E-state index contributed by atoms with van der Waals surface area (Å²) in [7, 11) is 1.53. The fourth-order valence-electron chi connectivity index (χ4n) is 3.39. The molecule has 2 aromatic rings. The highest BCUT2D eigenvalue weighted by molar-refractivity contribution is 7.71. The zero-order chi connectivity index (χ0) is 19.1. The fraction of sp³-hybridized carbons (Fsp3) is 0.471. The van der Waals surface area contributed by atoms with Crippen LogP contribution in [0.25, 0.3) is 10.9 Å². The Hall–Kier alpha value is -2.16. The maximum atomic E-state index is 13.2. The highest BCUT2D eigenvalue weighted by Crippen LogP contribution is 2.37. The van der Waals surface area contributed by atoms with Crippen molar-refractivity contribution in [3.63, 3.8) is 0 Å². The van der Waals surface area contributed by atoms with Gasteiger partial charge < -0.3 is 10.3 Å². The highest BCUT2D eigenvalue weighted by Gasteiger charge is 2.46. The second kappa shape index (κ2) is 6.86. The lowest BCUT2D eigenvalue weighted by atomic mass is 9.84. The number of alkyl halides is 3. The number of carbonyl (C=O) groups excluding carboxylic acids is 1. The number of carbonyl (C=O) groups is 1. The Bertz CT molecular complexity index is 964. The van der Waals surface area contributed by atoms with Crippen molar-refractivity contribution in [3.8, 4) is 0 Å². The van der Waals surface area contributed by atoms with E-state index in [1.165, 1.54) is 29.8 Å².